The molecule has 6 heteroatoms. The van der Waals surface area contributed by atoms with E-state index in [9.17, 15) is 0 Å². The predicted molar refractivity (Wildman–Crippen MR) is 84.7 cm³/mol. The number of rotatable bonds is 6. The Morgan fingerprint density at radius 3 is 2.43 bits per heavy atom. The second kappa shape index (κ2) is 7.22. The molecular formula is C15H29N5O. The summed E-state index contributed by atoms with van der Waals surface area (Å²) in [7, 11) is 2.14. The third kappa shape index (κ3) is 3.95. The molecule has 1 aliphatic heterocycles. The first-order valence-corrected chi connectivity index (χ1v) is 8.03. The van der Waals surface area contributed by atoms with Gasteiger partial charge in [-0.1, -0.05) is 20.8 Å². The van der Waals surface area contributed by atoms with Gasteiger partial charge in [0.05, 0.1) is 5.92 Å². The Morgan fingerprint density at radius 2 is 1.86 bits per heavy atom. The molecule has 2 unspecified atom stereocenters. The zero-order chi connectivity index (χ0) is 15.4. The molecule has 0 spiro atoms. The lowest BCUT2D eigenvalue weighted by molar-refractivity contribution is 0.280. The molecule has 0 saturated carbocycles. The SMILES string of the molecule is CCNC(C)C(c1nc(N2CCN(C)CC2)no1)C(C)C. The minimum absolute atomic E-state index is 0.249. The molecule has 1 N–H and O–H groups in total. The highest BCUT2D eigenvalue weighted by atomic mass is 16.5. The summed E-state index contributed by atoms with van der Waals surface area (Å²) in [4.78, 5) is 9.21. The van der Waals surface area contributed by atoms with Gasteiger partial charge in [-0.15, -0.1) is 0 Å². The van der Waals surface area contributed by atoms with Crippen LogP contribution >= 0.6 is 0 Å². The number of hydrogen-bond donors (Lipinski definition) is 1. The maximum absolute atomic E-state index is 5.58. The fourth-order valence-electron chi connectivity index (χ4n) is 3.02. The van der Waals surface area contributed by atoms with E-state index in [4.69, 9.17) is 4.52 Å². The van der Waals surface area contributed by atoms with Gasteiger partial charge in [0.15, 0.2) is 0 Å². The third-order valence-corrected chi connectivity index (χ3v) is 4.29. The van der Waals surface area contributed by atoms with Gasteiger partial charge in [-0.2, -0.15) is 4.98 Å². The van der Waals surface area contributed by atoms with Crippen molar-refractivity contribution in [2.75, 3.05) is 44.7 Å². The van der Waals surface area contributed by atoms with E-state index in [0.29, 0.717) is 12.0 Å². The van der Waals surface area contributed by atoms with E-state index in [-0.39, 0.29) is 5.92 Å². The molecule has 0 aliphatic carbocycles. The zero-order valence-corrected chi connectivity index (χ0v) is 14.0. The molecule has 1 saturated heterocycles. The number of nitrogens with one attached hydrogen (secondary N) is 1. The summed E-state index contributed by atoms with van der Waals surface area (Å²) < 4.78 is 5.58. The summed E-state index contributed by atoms with van der Waals surface area (Å²) in [5.41, 5.74) is 0. The van der Waals surface area contributed by atoms with Crippen LogP contribution in [0, 0.1) is 5.92 Å². The fourth-order valence-corrected chi connectivity index (χ4v) is 3.02. The molecule has 1 aromatic heterocycles. The Kier molecular flexibility index (Phi) is 5.58. The first-order valence-electron chi connectivity index (χ1n) is 8.03. The van der Waals surface area contributed by atoms with E-state index in [2.05, 4.69) is 60.0 Å². The Balaban J connectivity index is 2.09. The second-order valence-electron chi connectivity index (χ2n) is 6.34. The van der Waals surface area contributed by atoms with Crippen LogP contribution in [0.15, 0.2) is 4.52 Å². The number of piperazine rings is 1. The largest absolute Gasteiger partial charge is 0.337 e. The van der Waals surface area contributed by atoms with Crippen LogP contribution < -0.4 is 10.2 Å². The minimum atomic E-state index is 0.249. The molecule has 1 fully saturated rings. The van der Waals surface area contributed by atoms with Crippen LogP contribution in [-0.2, 0) is 0 Å². The summed E-state index contributed by atoms with van der Waals surface area (Å²) in [6.07, 6.45) is 0. The van der Waals surface area contributed by atoms with Crippen LogP contribution in [-0.4, -0.2) is 60.9 Å². The van der Waals surface area contributed by atoms with Gasteiger partial charge in [0.25, 0.3) is 5.95 Å². The monoisotopic (exact) mass is 295 g/mol. The van der Waals surface area contributed by atoms with Gasteiger partial charge in [-0.3, -0.25) is 0 Å². The Labute approximate surface area is 127 Å². The van der Waals surface area contributed by atoms with Crippen LogP contribution in [0.5, 0.6) is 0 Å². The first kappa shape index (κ1) is 16.2. The highest BCUT2D eigenvalue weighted by Gasteiger charge is 2.29. The Hall–Kier alpha value is -1.14. The average Bonchev–Trinajstić information content (AvgIpc) is 2.89. The summed E-state index contributed by atoms with van der Waals surface area (Å²) in [5, 5.41) is 7.68. The predicted octanol–water partition coefficient (Wildman–Crippen LogP) is 1.56. The van der Waals surface area contributed by atoms with Crippen LogP contribution in [0.2, 0.25) is 0 Å². The number of aromatic nitrogens is 2. The number of anilines is 1. The standard InChI is InChI=1S/C15H29N5O/c1-6-16-12(4)13(11(2)3)14-17-15(18-21-14)20-9-7-19(5)8-10-20/h11-13,16H,6-10H2,1-5H3. The molecule has 1 aromatic rings. The van der Waals surface area contributed by atoms with E-state index in [0.717, 1.165) is 44.6 Å². The van der Waals surface area contributed by atoms with Gasteiger partial charge < -0.3 is 19.6 Å². The summed E-state index contributed by atoms with van der Waals surface area (Å²) in [6.45, 7) is 13.7. The lowest BCUT2D eigenvalue weighted by Crippen LogP contribution is -2.45. The first-order chi connectivity index (χ1) is 10.0. The Bertz CT molecular complexity index is 425. The smallest absolute Gasteiger partial charge is 0.266 e. The highest BCUT2D eigenvalue weighted by Crippen LogP contribution is 2.28. The van der Waals surface area contributed by atoms with Crippen molar-refractivity contribution < 1.29 is 4.52 Å². The zero-order valence-electron chi connectivity index (χ0n) is 14.0. The van der Waals surface area contributed by atoms with Crippen molar-refractivity contribution in [1.29, 1.82) is 0 Å². The molecule has 120 valence electrons. The van der Waals surface area contributed by atoms with E-state index < -0.39 is 0 Å². The van der Waals surface area contributed by atoms with Gasteiger partial charge in [0.2, 0.25) is 5.89 Å². The maximum Gasteiger partial charge on any atom is 0.266 e. The normalized spacial score (nSPS) is 20.0. The molecule has 2 heterocycles. The van der Waals surface area contributed by atoms with E-state index in [1.807, 2.05) is 0 Å². The molecule has 0 aromatic carbocycles. The van der Waals surface area contributed by atoms with Gasteiger partial charge in [0.1, 0.15) is 0 Å². The van der Waals surface area contributed by atoms with Crippen molar-refractivity contribution in [1.82, 2.24) is 20.4 Å². The molecule has 21 heavy (non-hydrogen) atoms. The van der Waals surface area contributed by atoms with E-state index in [1.165, 1.54) is 0 Å². The lowest BCUT2D eigenvalue weighted by atomic mass is 9.89. The van der Waals surface area contributed by atoms with Crippen molar-refractivity contribution in [3.8, 4) is 0 Å². The van der Waals surface area contributed by atoms with E-state index >= 15 is 0 Å². The van der Waals surface area contributed by atoms with Crippen molar-refractivity contribution >= 4 is 5.95 Å². The van der Waals surface area contributed by atoms with Gasteiger partial charge in [-0.05, 0) is 31.6 Å². The van der Waals surface area contributed by atoms with Crippen LogP contribution in [0.4, 0.5) is 5.95 Å². The molecule has 0 bridgehead atoms. The van der Waals surface area contributed by atoms with E-state index in [1.54, 1.807) is 0 Å². The second-order valence-corrected chi connectivity index (χ2v) is 6.34. The van der Waals surface area contributed by atoms with Gasteiger partial charge in [0, 0.05) is 32.2 Å². The van der Waals surface area contributed by atoms with Gasteiger partial charge in [-0.25, -0.2) is 0 Å². The van der Waals surface area contributed by atoms with Crippen molar-refractivity contribution in [3.05, 3.63) is 5.89 Å². The quantitative estimate of drug-likeness (QED) is 0.859. The van der Waals surface area contributed by atoms with Crippen LogP contribution in [0.1, 0.15) is 39.5 Å². The molecule has 0 radical (unpaired) electrons. The minimum Gasteiger partial charge on any atom is -0.337 e. The summed E-state index contributed by atoms with van der Waals surface area (Å²) >= 11 is 0. The molecule has 2 atom stereocenters. The average molecular weight is 295 g/mol. The molecule has 0 amide bonds. The number of nitrogens with zero attached hydrogens (tertiary/aromatic N) is 4. The third-order valence-electron chi connectivity index (χ3n) is 4.29. The number of hydrogen-bond acceptors (Lipinski definition) is 6. The van der Waals surface area contributed by atoms with Crippen molar-refractivity contribution in [3.63, 3.8) is 0 Å². The molecular weight excluding hydrogens is 266 g/mol. The van der Waals surface area contributed by atoms with Crippen molar-refractivity contribution in [2.45, 2.75) is 39.7 Å². The molecule has 2 rings (SSSR count). The fraction of sp³-hybridized carbons (Fsp3) is 0.867. The van der Waals surface area contributed by atoms with Crippen LogP contribution in [0.3, 0.4) is 0 Å². The maximum atomic E-state index is 5.58. The topological polar surface area (TPSA) is 57.4 Å². The molecule has 6 nitrogen and oxygen atoms in total. The summed E-state index contributed by atoms with van der Waals surface area (Å²) in [5.74, 6) is 2.21. The van der Waals surface area contributed by atoms with Crippen molar-refractivity contribution in [2.24, 2.45) is 5.92 Å². The Morgan fingerprint density at radius 1 is 1.19 bits per heavy atom. The highest BCUT2D eigenvalue weighted by molar-refractivity contribution is 5.29. The van der Waals surface area contributed by atoms with Crippen LogP contribution in [0.25, 0.3) is 0 Å². The lowest BCUT2D eigenvalue weighted by Gasteiger charge is -2.31. The molecule has 1 aliphatic rings. The number of likely N-dealkylation sites (N-methyl/N-ethyl adjacent to an activating group) is 2. The van der Waals surface area contributed by atoms with Gasteiger partial charge >= 0.3 is 0 Å². The summed E-state index contributed by atoms with van der Waals surface area (Å²) in [6, 6.07) is 0.329.